The third-order valence-corrected chi connectivity index (χ3v) is 2.79. The molecule has 0 aliphatic heterocycles. The van der Waals surface area contributed by atoms with Crippen LogP contribution in [0.2, 0.25) is 0 Å². The summed E-state index contributed by atoms with van der Waals surface area (Å²) < 4.78 is 0. The Morgan fingerprint density at radius 3 is 2.50 bits per heavy atom. The fourth-order valence-electron chi connectivity index (χ4n) is 2.07. The van der Waals surface area contributed by atoms with Crippen molar-refractivity contribution in [1.82, 2.24) is 4.98 Å². The summed E-state index contributed by atoms with van der Waals surface area (Å²) in [6, 6.07) is 14.6. The Bertz CT molecular complexity index is 652. The van der Waals surface area contributed by atoms with E-state index in [9.17, 15) is 0 Å². The first kappa shape index (κ1) is 11.0. The molecule has 16 heavy (non-hydrogen) atoms. The minimum absolute atomic E-state index is 0. The van der Waals surface area contributed by atoms with Crippen LogP contribution >= 0.6 is 0 Å². The van der Waals surface area contributed by atoms with E-state index in [-0.39, 0.29) is 17.1 Å². The van der Waals surface area contributed by atoms with Crippen molar-refractivity contribution in [2.45, 2.75) is 0 Å². The van der Waals surface area contributed by atoms with Gasteiger partial charge in [-0.15, -0.1) is 0 Å². The molecule has 2 aromatic carbocycles. The number of aromatic nitrogens is 1. The van der Waals surface area contributed by atoms with Crippen molar-refractivity contribution in [3.05, 3.63) is 54.6 Å². The molecule has 1 nitrogen and oxygen atoms in total. The molecule has 0 unspecified atom stereocenters. The van der Waals surface area contributed by atoms with Gasteiger partial charge in [0.1, 0.15) is 0 Å². The fraction of sp³-hybridized carbons (Fsp3) is 0. The van der Waals surface area contributed by atoms with Crippen LogP contribution in [0.3, 0.4) is 0 Å². The van der Waals surface area contributed by atoms with Gasteiger partial charge in [0, 0.05) is 16.3 Å². The number of para-hydroxylation sites is 2. The van der Waals surface area contributed by atoms with Crippen molar-refractivity contribution >= 4 is 45.0 Å². The zero-order chi connectivity index (χ0) is 10.3. The average molecular weight is 274 g/mol. The van der Waals surface area contributed by atoms with E-state index in [0.717, 1.165) is 5.56 Å². The van der Waals surface area contributed by atoms with Crippen LogP contribution in [0, 0.1) is 0 Å². The molecule has 0 spiro atoms. The molecule has 0 aliphatic carbocycles. The van der Waals surface area contributed by atoms with E-state index in [1.54, 1.807) is 0 Å². The molecule has 1 N–H and O–H groups in total. The Labute approximate surface area is 105 Å². The number of hydrogen-bond acceptors (Lipinski definition) is 0. The van der Waals surface area contributed by atoms with E-state index in [0.29, 0.717) is 0 Å². The van der Waals surface area contributed by atoms with Gasteiger partial charge in [-0.25, -0.2) is 0 Å². The van der Waals surface area contributed by atoms with Gasteiger partial charge in [-0.2, -0.15) is 0 Å². The van der Waals surface area contributed by atoms with Crippen molar-refractivity contribution in [2.75, 3.05) is 0 Å². The predicted octanol–water partition coefficient (Wildman–Crippen LogP) is 3.05. The summed E-state index contributed by atoms with van der Waals surface area (Å²) in [7, 11) is 0. The van der Waals surface area contributed by atoms with Gasteiger partial charge in [0.15, 0.2) is 0 Å². The topological polar surface area (TPSA) is 15.8 Å². The van der Waals surface area contributed by atoms with Crippen molar-refractivity contribution in [1.29, 1.82) is 0 Å². The summed E-state index contributed by atoms with van der Waals surface area (Å²) in [4.78, 5) is 3.43. The number of benzene rings is 2. The second-order valence-electron chi connectivity index (χ2n) is 3.64. The van der Waals surface area contributed by atoms with Crippen LogP contribution < -0.4 is 0 Å². The normalized spacial score (nSPS) is 10.2. The van der Waals surface area contributed by atoms with Crippen LogP contribution in [0.1, 0.15) is 5.56 Å². The SMILES string of the molecule is C=Cc1cccc2c1[nH]c1ccccc12.[SeH2]. The number of nitrogens with one attached hydrogen (secondary N) is 1. The Morgan fingerprint density at radius 2 is 1.69 bits per heavy atom. The van der Waals surface area contributed by atoms with Crippen LogP contribution in [0.5, 0.6) is 0 Å². The second kappa shape index (κ2) is 4.17. The third-order valence-electron chi connectivity index (χ3n) is 2.79. The molecule has 0 radical (unpaired) electrons. The molecule has 0 fully saturated rings. The fourth-order valence-corrected chi connectivity index (χ4v) is 2.07. The van der Waals surface area contributed by atoms with Crippen LogP contribution in [-0.2, 0) is 0 Å². The Kier molecular flexibility index (Phi) is 2.86. The Hall–Kier alpha value is -1.50. The summed E-state index contributed by atoms with van der Waals surface area (Å²) in [5.41, 5.74) is 3.51. The van der Waals surface area contributed by atoms with Crippen LogP contribution in [0.15, 0.2) is 49.0 Å². The maximum atomic E-state index is 3.83. The van der Waals surface area contributed by atoms with Gasteiger partial charge in [0.05, 0.1) is 5.52 Å². The van der Waals surface area contributed by atoms with Gasteiger partial charge in [0.25, 0.3) is 0 Å². The number of hydrogen-bond donors (Lipinski definition) is 1. The molecular weight excluding hydrogens is 261 g/mol. The van der Waals surface area contributed by atoms with E-state index in [1.807, 2.05) is 12.1 Å². The first-order chi connectivity index (χ1) is 7.40. The first-order valence-corrected chi connectivity index (χ1v) is 5.02. The molecule has 3 rings (SSSR count). The van der Waals surface area contributed by atoms with Gasteiger partial charge in [0.2, 0.25) is 0 Å². The van der Waals surface area contributed by atoms with Crippen LogP contribution in [-0.4, -0.2) is 22.1 Å². The van der Waals surface area contributed by atoms with Crippen LogP contribution in [0.4, 0.5) is 0 Å². The molecule has 0 saturated heterocycles. The predicted molar refractivity (Wildman–Crippen MR) is 74.4 cm³/mol. The van der Waals surface area contributed by atoms with Gasteiger partial charge >= 0.3 is 17.1 Å². The van der Waals surface area contributed by atoms with Gasteiger partial charge in [-0.1, -0.05) is 49.1 Å². The number of fused-ring (bicyclic) bond motifs is 3. The summed E-state index contributed by atoms with van der Waals surface area (Å²) >= 11 is 0. The average Bonchev–Trinajstić information content (AvgIpc) is 2.67. The third kappa shape index (κ3) is 1.47. The van der Waals surface area contributed by atoms with E-state index in [2.05, 4.69) is 48.0 Å². The minimum atomic E-state index is 0. The monoisotopic (exact) mass is 275 g/mol. The quantitative estimate of drug-likeness (QED) is 0.656. The Morgan fingerprint density at radius 1 is 0.938 bits per heavy atom. The number of aromatic amines is 1. The first-order valence-electron chi connectivity index (χ1n) is 5.02. The van der Waals surface area contributed by atoms with E-state index < -0.39 is 0 Å². The molecule has 0 amide bonds. The van der Waals surface area contributed by atoms with Crippen molar-refractivity contribution in [2.24, 2.45) is 0 Å². The molecule has 1 heterocycles. The summed E-state index contributed by atoms with van der Waals surface area (Å²) in [5, 5.41) is 2.54. The molecule has 80 valence electrons. The van der Waals surface area contributed by atoms with Gasteiger partial charge in [-0.05, 0) is 11.6 Å². The number of H-pyrrole nitrogens is 1. The van der Waals surface area contributed by atoms with E-state index in [4.69, 9.17) is 0 Å². The van der Waals surface area contributed by atoms with Crippen molar-refractivity contribution in [3.63, 3.8) is 0 Å². The van der Waals surface area contributed by atoms with Gasteiger partial charge < -0.3 is 4.98 Å². The van der Waals surface area contributed by atoms with Crippen LogP contribution in [0.25, 0.3) is 27.9 Å². The maximum absolute atomic E-state index is 3.83. The molecule has 0 bridgehead atoms. The van der Waals surface area contributed by atoms with Crippen molar-refractivity contribution in [3.8, 4) is 0 Å². The number of rotatable bonds is 1. The van der Waals surface area contributed by atoms with Crippen molar-refractivity contribution < 1.29 is 0 Å². The molecule has 0 atom stereocenters. The summed E-state index contributed by atoms with van der Waals surface area (Å²) in [6.07, 6.45) is 1.89. The molecule has 1 aromatic heterocycles. The zero-order valence-corrected chi connectivity index (χ0v) is 10.9. The van der Waals surface area contributed by atoms with Gasteiger partial charge in [-0.3, -0.25) is 0 Å². The molecule has 3 aromatic rings. The standard InChI is InChI=1S/C14H11N.H2Se/c1-2-10-6-5-8-12-11-7-3-4-9-13(11)15-14(10)12;/h2-9,15H,1H2;1H2. The molecule has 0 aliphatic rings. The summed E-state index contributed by atoms with van der Waals surface area (Å²) in [6.45, 7) is 3.83. The molecule has 0 saturated carbocycles. The van der Waals surface area contributed by atoms with E-state index in [1.165, 1.54) is 21.8 Å². The molecular formula is C14H13NSe. The second-order valence-corrected chi connectivity index (χ2v) is 3.64. The zero-order valence-electron chi connectivity index (χ0n) is 8.83. The molecule has 2 heteroatoms. The van der Waals surface area contributed by atoms with E-state index >= 15 is 0 Å². The Balaban J connectivity index is 0.000000963. The summed E-state index contributed by atoms with van der Waals surface area (Å²) in [5.74, 6) is 0.